The molecule has 15 heteroatoms. The molecule has 53 heavy (non-hydrogen) atoms. The van der Waals surface area contributed by atoms with Crippen molar-refractivity contribution < 1.29 is 27.9 Å². The number of rotatable bonds is 10. The van der Waals surface area contributed by atoms with E-state index in [4.69, 9.17) is 22.1 Å². The zero-order valence-electron chi connectivity index (χ0n) is 31.2. The highest BCUT2D eigenvalue weighted by Gasteiger charge is 2.31. The van der Waals surface area contributed by atoms with E-state index < -0.39 is 17.5 Å². The van der Waals surface area contributed by atoms with E-state index in [-0.39, 0.29) is 62.2 Å². The highest BCUT2D eigenvalue weighted by Crippen LogP contribution is 2.31. The number of hydrogen-bond donors (Lipinski definition) is 2. The number of nitrogens with two attached hydrogens (primary N) is 1. The van der Waals surface area contributed by atoms with Crippen LogP contribution in [0, 0.1) is 17.6 Å². The first-order chi connectivity index (χ1) is 25.4. The molecule has 3 heterocycles. The number of piperidine rings is 1. The Balaban J connectivity index is 0.00000308. The Morgan fingerprint density at radius 3 is 2.26 bits per heavy atom. The first-order valence-corrected chi connectivity index (χ1v) is 18.1. The van der Waals surface area contributed by atoms with Crippen LogP contribution in [0.4, 0.5) is 14.5 Å². The van der Waals surface area contributed by atoms with Gasteiger partial charge in [0.2, 0.25) is 5.91 Å². The molecule has 0 radical (unpaired) electrons. The second-order valence-corrected chi connectivity index (χ2v) is 13.2. The Morgan fingerprint density at radius 2 is 1.64 bits per heavy atom. The average molecular weight is 755 g/mol. The molecule has 0 atom stereocenters. The van der Waals surface area contributed by atoms with Crippen LogP contribution in [0.3, 0.4) is 0 Å². The molecule has 2 fully saturated rings. The third kappa shape index (κ3) is 9.67. The number of carbonyl (C=O) groups is 3. The molecule has 2 aliphatic rings. The van der Waals surface area contributed by atoms with Crippen molar-refractivity contribution in [1.29, 1.82) is 0 Å². The zero-order chi connectivity index (χ0) is 38.8. The van der Waals surface area contributed by atoms with E-state index in [0.29, 0.717) is 45.0 Å². The topological polar surface area (TPSA) is 138 Å². The van der Waals surface area contributed by atoms with Gasteiger partial charge >= 0.3 is 0 Å². The predicted octanol–water partition coefficient (Wildman–Crippen LogP) is 5.33. The fourth-order valence-corrected chi connectivity index (χ4v) is 6.54. The number of aromatic nitrogens is 2. The van der Waals surface area contributed by atoms with E-state index >= 15 is 8.78 Å². The van der Waals surface area contributed by atoms with Crippen LogP contribution in [0.25, 0.3) is 16.8 Å². The molecule has 3 N–H and O–H groups in total. The van der Waals surface area contributed by atoms with Gasteiger partial charge < -0.3 is 35.1 Å². The summed E-state index contributed by atoms with van der Waals surface area (Å²) in [5.74, 6) is -3.02. The quantitative estimate of drug-likeness (QED) is 0.211. The smallest absolute Gasteiger partial charge is 0.291 e. The lowest BCUT2D eigenvalue weighted by Gasteiger charge is -2.38. The molecule has 2 aliphatic heterocycles. The Hall–Kier alpha value is -4.66. The number of likely N-dealkylation sites (tertiary alicyclic amines) is 1. The van der Waals surface area contributed by atoms with E-state index in [2.05, 4.69) is 27.2 Å². The number of methoxy groups -OCH3 is 1. The third-order valence-corrected chi connectivity index (χ3v) is 9.63. The van der Waals surface area contributed by atoms with Crippen LogP contribution in [0.5, 0.6) is 0 Å². The van der Waals surface area contributed by atoms with Gasteiger partial charge in [-0.05, 0) is 64.2 Å². The van der Waals surface area contributed by atoms with Crippen molar-refractivity contribution in [1.82, 2.24) is 24.3 Å². The highest BCUT2D eigenvalue weighted by atomic mass is 35.5. The lowest BCUT2D eigenvalue weighted by molar-refractivity contribution is -0.138. The maximum Gasteiger partial charge on any atom is 0.291 e. The van der Waals surface area contributed by atoms with Gasteiger partial charge in [0.15, 0.2) is 17.5 Å². The van der Waals surface area contributed by atoms with Gasteiger partial charge in [0.1, 0.15) is 0 Å². The summed E-state index contributed by atoms with van der Waals surface area (Å²) in [7, 11) is 5.10. The molecule has 0 bridgehead atoms. The van der Waals surface area contributed by atoms with Gasteiger partial charge in [-0.2, -0.15) is 0 Å². The lowest BCUT2D eigenvalue weighted by atomic mass is 9.95. The summed E-state index contributed by atoms with van der Waals surface area (Å²) < 4.78 is 37.2. The van der Waals surface area contributed by atoms with Crippen molar-refractivity contribution in [3.63, 3.8) is 0 Å². The van der Waals surface area contributed by atoms with Gasteiger partial charge in [0.25, 0.3) is 11.8 Å². The SMILES string of the molecule is CC.COCCN=C/C(=C(/C)N)c1ccc(-c2cnc(C(=O)Nc3ccc(C(=O)N4CCN(C(=O)C5CCN(C)CC5)CC4)c(Cl)c3)n2C)c(F)c1F. The molecule has 2 saturated heterocycles. The molecule has 0 aliphatic carbocycles. The van der Waals surface area contributed by atoms with E-state index in [1.165, 1.54) is 55.4 Å². The maximum atomic E-state index is 15.5. The number of piperazine rings is 1. The molecule has 12 nitrogen and oxygen atoms in total. The van der Waals surface area contributed by atoms with Crippen LogP contribution in [0.2, 0.25) is 5.02 Å². The van der Waals surface area contributed by atoms with Crippen LogP contribution in [-0.2, 0) is 16.6 Å². The first-order valence-electron chi connectivity index (χ1n) is 17.7. The van der Waals surface area contributed by atoms with Crippen molar-refractivity contribution in [3.05, 3.63) is 75.8 Å². The number of ether oxygens (including phenoxy) is 1. The molecular formula is C38H49ClF2N8O4. The fourth-order valence-electron chi connectivity index (χ4n) is 6.28. The van der Waals surface area contributed by atoms with Crippen molar-refractivity contribution in [2.75, 3.05) is 71.9 Å². The van der Waals surface area contributed by atoms with Gasteiger partial charge in [0, 0.05) is 80.6 Å². The van der Waals surface area contributed by atoms with E-state index in [0.717, 1.165) is 25.9 Å². The van der Waals surface area contributed by atoms with E-state index in [1.54, 1.807) is 17.9 Å². The molecule has 0 spiro atoms. The minimum atomic E-state index is -1.14. The van der Waals surface area contributed by atoms with Crippen molar-refractivity contribution in [3.8, 4) is 11.3 Å². The van der Waals surface area contributed by atoms with Crippen LogP contribution >= 0.6 is 11.6 Å². The predicted molar refractivity (Wildman–Crippen MR) is 204 cm³/mol. The summed E-state index contributed by atoms with van der Waals surface area (Å²) in [6, 6.07) is 7.34. The van der Waals surface area contributed by atoms with Crippen LogP contribution in [-0.4, -0.2) is 115 Å². The number of nitrogens with one attached hydrogen (secondary N) is 1. The number of anilines is 1. The van der Waals surface area contributed by atoms with Gasteiger partial charge in [-0.25, -0.2) is 13.8 Å². The molecule has 5 rings (SSSR count). The van der Waals surface area contributed by atoms with Crippen molar-refractivity contribution in [2.45, 2.75) is 33.6 Å². The molecular weight excluding hydrogens is 706 g/mol. The number of amides is 3. The number of allylic oxidation sites excluding steroid dienone is 2. The second-order valence-electron chi connectivity index (χ2n) is 12.8. The lowest BCUT2D eigenvalue weighted by Crippen LogP contribution is -2.52. The molecule has 3 aromatic rings. The highest BCUT2D eigenvalue weighted by molar-refractivity contribution is 6.34. The zero-order valence-corrected chi connectivity index (χ0v) is 32.0. The number of carbonyl (C=O) groups excluding carboxylic acids is 3. The normalized spacial score (nSPS) is 15.9. The average Bonchev–Trinajstić information content (AvgIpc) is 3.54. The summed E-state index contributed by atoms with van der Waals surface area (Å²) in [6.07, 6.45) is 4.36. The minimum Gasteiger partial charge on any atom is -0.402 e. The molecule has 0 saturated carbocycles. The van der Waals surface area contributed by atoms with Crippen LogP contribution in [0.15, 0.2) is 47.2 Å². The number of nitrogens with zero attached hydrogens (tertiary/aromatic N) is 6. The van der Waals surface area contributed by atoms with Gasteiger partial charge in [-0.3, -0.25) is 19.4 Å². The molecule has 2 aromatic carbocycles. The molecule has 1 aromatic heterocycles. The Bertz CT molecular complexity index is 1840. The number of aliphatic imine (C=N–C) groups is 1. The molecule has 0 unspecified atom stereocenters. The van der Waals surface area contributed by atoms with Crippen LogP contribution < -0.4 is 11.1 Å². The summed E-state index contributed by atoms with van der Waals surface area (Å²) in [5, 5.41) is 2.85. The number of hydrogen-bond acceptors (Lipinski definition) is 8. The maximum absolute atomic E-state index is 15.5. The summed E-state index contributed by atoms with van der Waals surface area (Å²) in [6.45, 7) is 9.78. The van der Waals surface area contributed by atoms with E-state index in [1.807, 2.05) is 18.7 Å². The summed E-state index contributed by atoms with van der Waals surface area (Å²) in [4.78, 5) is 53.7. The largest absolute Gasteiger partial charge is 0.402 e. The Morgan fingerprint density at radius 1 is 1.00 bits per heavy atom. The molecule has 286 valence electrons. The first kappa shape index (κ1) is 41.1. The van der Waals surface area contributed by atoms with Crippen molar-refractivity contribution in [2.24, 2.45) is 23.7 Å². The standard InChI is InChI=1S/C36H43ClF2N8O4.C2H6/c1-22(40)28(20-41-11-18-51-4)25-7-8-27(32(39)31(25)38)30-21-42-33(45(30)3)34(48)43-24-5-6-26(29(37)19-24)36(50)47-16-14-46(15-17-47)35(49)23-9-12-44(2)13-10-23;1-2/h5-8,19-21,23H,9-18,40H2,1-4H3,(H,43,48);1-2H3/b28-22+,41-20?;. The molecule has 3 amide bonds. The summed E-state index contributed by atoms with van der Waals surface area (Å²) >= 11 is 6.52. The number of halogens is 3. The minimum absolute atomic E-state index is 0.0306. The second kappa shape index (κ2) is 18.9. The monoisotopic (exact) mass is 754 g/mol. The fraction of sp³-hybridized carbons (Fsp3) is 0.447. The van der Waals surface area contributed by atoms with Gasteiger partial charge in [-0.15, -0.1) is 0 Å². The Kier molecular flexibility index (Phi) is 14.7. The summed E-state index contributed by atoms with van der Waals surface area (Å²) in [5.41, 5.74) is 7.03. The van der Waals surface area contributed by atoms with Gasteiger partial charge in [-0.1, -0.05) is 31.5 Å². The van der Waals surface area contributed by atoms with Crippen molar-refractivity contribution >= 4 is 46.8 Å². The van der Waals surface area contributed by atoms with Crippen LogP contribution in [0.1, 0.15) is 60.2 Å². The van der Waals surface area contributed by atoms with Gasteiger partial charge in [0.05, 0.1) is 35.6 Å². The number of benzene rings is 2. The number of imidazole rings is 1. The third-order valence-electron chi connectivity index (χ3n) is 9.31. The Labute approximate surface area is 314 Å². The van der Waals surface area contributed by atoms with E-state index in [9.17, 15) is 14.4 Å².